The Bertz CT molecular complexity index is 1190. The fourth-order valence-corrected chi connectivity index (χ4v) is 3.64. The average Bonchev–Trinajstić information content (AvgIpc) is 3.14. The monoisotopic (exact) mass is 442 g/mol. The fourth-order valence-electron chi connectivity index (χ4n) is 2.74. The van der Waals surface area contributed by atoms with Crippen molar-refractivity contribution in [2.45, 2.75) is 9.99 Å². The molecule has 6 nitrogen and oxygen atoms in total. The molecule has 0 spiro atoms. The molecule has 0 radical (unpaired) electrons. The van der Waals surface area contributed by atoms with Crippen molar-refractivity contribution in [3.8, 4) is 0 Å². The number of anilines is 1. The summed E-state index contributed by atoms with van der Waals surface area (Å²) < 4.78 is 19.2. The van der Waals surface area contributed by atoms with E-state index in [1.54, 1.807) is 24.3 Å². The number of carbonyl (C=O) groups is 3. The van der Waals surface area contributed by atoms with Gasteiger partial charge in [-0.25, -0.2) is 14.1 Å². The van der Waals surface area contributed by atoms with Crippen molar-refractivity contribution in [2.75, 3.05) is 4.90 Å². The molecular weight excluding hydrogens is 431 g/mol. The number of benzene rings is 2. The summed E-state index contributed by atoms with van der Waals surface area (Å²) in [5.74, 6) is -2.11. The van der Waals surface area contributed by atoms with Crippen LogP contribution in [0.3, 0.4) is 0 Å². The predicted octanol–water partition coefficient (Wildman–Crippen LogP) is 4.89. The number of nitrogens with zero attached hydrogens (tertiary/aromatic N) is 1. The quantitative estimate of drug-likeness (QED) is 0.459. The molecule has 1 aromatic heterocycles. The molecule has 1 aliphatic heterocycles. The molecule has 0 aliphatic carbocycles. The summed E-state index contributed by atoms with van der Waals surface area (Å²) in [7, 11) is 0. The summed E-state index contributed by atoms with van der Waals surface area (Å²) in [5, 5.41) is 3.22. The number of nitrogens with one attached hydrogen (secondary N) is 1. The molecule has 1 aliphatic rings. The maximum atomic E-state index is 13.5. The summed E-state index contributed by atoms with van der Waals surface area (Å²) in [5.41, 5.74) is -0.300. The van der Waals surface area contributed by atoms with Crippen LogP contribution in [0.25, 0.3) is 6.08 Å². The molecule has 9 heteroatoms. The molecule has 0 unspecified atom stereocenters. The number of hydrogen-bond acceptors (Lipinski definition) is 5. The van der Waals surface area contributed by atoms with Crippen LogP contribution in [0.1, 0.15) is 5.76 Å². The fraction of sp³-hybridized carbons (Fsp3) is 0. The van der Waals surface area contributed by atoms with Crippen molar-refractivity contribution in [2.24, 2.45) is 0 Å². The van der Waals surface area contributed by atoms with Gasteiger partial charge in [-0.3, -0.25) is 14.9 Å². The summed E-state index contributed by atoms with van der Waals surface area (Å²) in [6.45, 7) is 0. The molecular formula is C21H12ClFN2O4S. The molecule has 0 atom stereocenters. The number of amides is 4. The van der Waals surface area contributed by atoms with Gasteiger partial charge in [-0.05, 0) is 60.7 Å². The number of urea groups is 1. The highest BCUT2D eigenvalue weighted by Crippen LogP contribution is 2.31. The van der Waals surface area contributed by atoms with Crippen molar-refractivity contribution in [1.29, 1.82) is 0 Å². The second kappa shape index (κ2) is 8.17. The first-order chi connectivity index (χ1) is 14.4. The first-order valence-electron chi connectivity index (χ1n) is 8.61. The Balaban J connectivity index is 1.60. The Kier molecular flexibility index (Phi) is 5.43. The van der Waals surface area contributed by atoms with Crippen LogP contribution in [0.4, 0.5) is 14.9 Å². The van der Waals surface area contributed by atoms with E-state index < -0.39 is 23.7 Å². The number of carbonyl (C=O) groups excluding carboxylic acids is 3. The third-order valence-electron chi connectivity index (χ3n) is 4.09. The van der Waals surface area contributed by atoms with Gasteiger partial charge >= 0.3 is 6.03 Å². The average molecular weight is 443 g/mol. The van der Waals surface area contributed by atoms with E-state index in [1.165, 1.54) is 36.0 Å². The maximum Gasteiger partial charge on any atom is 0.335 e. The van der Waals surface area contributed by atoms with E-state index in [-0.39, 0.29) is 17.0 Å². The van der Waals surface area contributed by atoms with Gasteiger partial charge in [0.15, 0.2) is 5.09 Å². The van der Waals surface area contributed by atoms with Crippen LogP contribution in [-0.2, 0) is 9.59 Å². The Morgan fingerprint density at radius 2 is 1.80 bits per heavy atom. The van der Waals surface area contributed by atoms with Gasteiger partial charge in [0.1, 0.15) is 17.2 Å². The highest BCUT2D eigenvalue weighted by atomic mass is 35.5. The molecule has 1 N–H and O–H groups in total. The van der Waals surface area contributed by atoms with Crippen LogP contribution in [0.15, 0.2) is 80.6 Å². The molecule has 4 rings (SSSR count). The standard InChI is InChI=1S/C21H12ClFN2O4S/c22-12-4-7-16(8-5-12)30-18-9-6-15(29-18)11-17-19(26)24-21(28)25(20(17)27)14-3-1-2-13(23)10-14/h1-11H,(H,24,26,28)/b17-11+. The number of imide groups is 2. The minimum Gasteiger partial charge on any atom is -0.450 e. The van der Waals surface area contributed by atoms with Crippen LogP contribution in [0.2, 0.25) is 5.02 Å². The minimum atomic E-state index is -0.953. The van der Waals surface area contributed by atoms with Crippen molar-refractivity contribution < 1.29 is 23.2 Å². The lowest BCUT2D eigenvalue weighted by Gasteiger charge is -2.26. The lowest BCUT2D eigenvalue weighted by Crippen LogP contribution is -2.54. The summed E-state index contributed by atoms with van der Waals surface area (Å²) in [6.07, 6.45) is 1.24. The van der Waals surface area contributed by atoms with E-state index in [0.717, 1.165) is 11.0 Å². The van der Waals surface area contributed by atoms with E-state index >= 15 is 0 Å². The maximum absolute atomic E-state index is 13.5. The SMILES string of the molecule is O=C1NC(=O)N(c2cccc(F)c2)C(=O)/C1=C/c1ccc(Sc2ccc(Cl)cc2)o1. The van der Waals surface area contributed by atoms with E-state index in [4.69, 9.17) is 16.0 Å². The predicted molar refractivity (Wildman–Crippen MR) is 110 cm³/mol. The Hall–Kier alpha value is -3.36. The van der Waals surface area contributed by atoms with Gasteiger partial charge < -0.3 is 4.42 Å². The second-order valence-corrected chi connectivity index (χ2v) is 7.66. The van der Waals surface area contributed by atoms with Crippen molar-refractivity contribution in [3.05, 3.63) is 82.8 Å². The number of halogens is 2. The molecule has 3 aromatic rings. The molecule has 0 bridgehead atoms. The third kappa shape index (κ3) is 4.14. The van der Waals surface area contributed by atoms with Gasteiger partial charge in [0.25, 0.3) is 11.8 Å². The molecule has 2 aromatic carbocycles. The first-order valence-corrected chi connectivity index (χ1v) is 9.80. The van der Waals surface area contributed by atoms with Crippen molar-refractivity contribution >= 4 is 53.0 Å². The molecule has 1 saturated heterocycles. The topological polar surface area (TPSA) is 79.6 Å². The Morgan fingerprint density at radius 1 is 1.03 bits per heavy atom. The van der Waals surface area contributed by atoms with Crippen LogP contribution in [-0.4, -0.2) is 17.8 Å². The third-order valence-corrected chi connectivity index (χ3v) is 5.27. The normalized spacial score (nSPS) is 15.6. The zero-order valence-corrected chi connectivity index (χ0v) is 16.7. The zero-order valence-electron chi connectivity index (χ0n) is 15.1. The summed E-state index contributed by atoms with van der Waals surface area (Å²) in [4.78, 5) is 38.7. The largest absolute Gasteiger partial charge is 0.450 e. The second-order valence-electron chi connectivity index (χ2n) is 6.15. The van der Waals surface area contributed by atoms with Crippen LogP contribution >= 0.6 is 23.4 Å². The number of rotatable bonds is 4. The van der Waals surface area contributed by atoms with Crippen molar-refractivity contribution in [1.82, 2.24) is 5.32 Å². The summed E-state index contributed by atoms with van der Waals surface area (Å²) in [6, 6.07) is 14.4. The number of hydrogen-bond donors (Lipinski definition) is 1. The zero-order chi connectivity index (χ0) is 21.3. The lowest BCUT2D eigenvalue weighted by molar-refractivity contribution is -0.122. The van der Waals surface area contributed by atoms with Gasteiger partial charge in [-0.15, -0.1) is 0 Å². The van der Waals surface area contributed by atoms with E-state index in [9.17, 15) is 18.8 Å². The van der Waals surface area contributed by atoms with Gasteiger partial charge in [-0.2, -0.15) is 0 Å². The van der Waals surface area contributed by atoms with Gasteiger partial charge in [-0.1, -0.05) is 29.4 Å². The van der Waals surface area contributed by atoms with Crippen LogP contribution in [0.5, 0.6) is 0 Å². The number of barbiturate groups is 1. The first kappa shape index (κ1) is 19.9. The van der Waals surface area contributed by atoms with E-state index in [0.29, 0.717) is 15.0 Å². The molecule has 0 saturated carbocycles. The van der Waals surface area contributed by atoms with Gasteiger partial charge in [0.2, 0.25) is 0 Å². The molecule has 2 heterocycles. The highest BCUT2D eigenvalue weighted by molar-refractivity contribution is 7.99. The lowest BCUT2D eigenvalue weighted by atomic mass is 10.1. The molecule has 150 valence electrons. The smallest absolute Gasteiger partial charge is 0.335 e. The Labute approximate surface area is 179 Å². The Morgan fingerprint density at radius 3 is 2.53 bits per heavy atom. The van der Waals surface area contributed by atoms with Crippen LogP contribution < -0.4 is 10.2 Å². The van der Waals surface area contributed by atoms with Crippen molar-refractivity contribution in [3.63, 3.8) is 0 Å². The molecule has 1 fully saturated rings. The van der Waals surface area contributed by atoms with Gasteiger partial charge in [0.05, 0.1) is 5.69 Å². The summed E-state index contributed by atoms with van der Waals surface area (Å²) >= 11 is 7.20. The van der Waals surface area contributed by atoms with Crippen LogP contribution in [0, 0.1) is 5.82 Å². The number of furan rings is 1. The highest BCUT2D eigenvalue weighted by Gasteiger charge is 2.37. The van der Waals surface area contributed by atoms with E-state index in [1.807, 2.05) is 12.1 Å². The minimum absolute atomic E-state index is 0.00864. The molecule has 4 amide bonds. The van der Waals surface area contributed by atoms with Gasteiger partial charge in [0, 0.05) is 9.92 Å². The van der Waals surface area contributed by atoms with E-state index in [2.05, 4.69) is 5.32 Å². The molecule has 30 heavy (non-hydrogen) atoms.